The number of ether oxygens (including phenoxy) is 2. The van der Waals surface area contributed by atoms with Crippen LogP contribution in [-0.2, 0) is 9.53 Å². The lowest BCUT2D eigenvalue weighted by molar-refractivity contribution is -0.146. The molecule has 0 atom stereocenters. The molecule has 2 aromatic carbocycles. The molecule has 0 saturated carbocycles. The van der Waals surface area contributed by atoms with Gasteiger partial charge < -0.3 is 9.47 Å². The maximum Gasteiger partial charge on any atom is 0.344 e. The van der Waals surface area contributed by atoms with Crippen molar-refractivity contribution in [1.82, 2.24) is 0 Å². The van der Waals surface area contributed by atoms with Crippen molar-refractivity contribution >= 4 is 58.3 Å². The number of unbranched alkanes of at least 4 members (excludes halogenated alkanes) is 1. The lowest BCUT2D eigenvalue weighted by Gasteiger charge is -2.07. The summed E-state index contributed by atoms with van der Waals surface area (Å²) in [5.74, 6) is -0.210. The van der Waals surface area contributed by atoms with Crippen LogP contribution in [0.2, 0.25) is 0 Å². The minimum atomic E-state index is -0.426. The third-order valence-electron chi connectivity index (χ3n) is 4.55. The van der Waals surface area contributed by atoms with E-state index in [2.05, 4.69) is 0 Å². The van der Waals surface area contributed by atoms with Gasteiger partial charge >= 0.3 is 5.97 Å². The van der Waals surface area contributed by atoms with Crippen LogP contribution in [0.25, 0.3) is 0 Å². The molecular formula is C24H28INO5S. The van der Waals surface area contributed by atoms with Crippen molar-refractivity contribution in [2.75, 3.05) is 19.5 Å². The largest absolute Gasteiger partial charge is 0.482 e. The first-order valence-electron chi connectivity index (χ1n) is 10.1. The van der Waals surface area contributed by atoms with Gasteiger partial charge in [-0.3, -0.25) is 15.0 Å². The van der Waals surface area contributed by atoms with Crippen LogP contribution in [0.15, 0.2) is 48.5 Å². The molecule has 0 aliphatic heterocycles. The first-order valence-corrected chi connectivity index (χ1v) is 11.3. The molecule has 0 unspecified atom stereocenters. The zero-order valence-electron chi connectivity index (χ0n) is 18.2. The van der Waals surface area contributed by atoms with E-state index in [1.165, 1.54) is 11.8 Å². The quantitative estimate of drug-likeness (QED) is 0.0899. The van der Waals surface area contributed by atoms with Crippen molar-refractivity contribution in [3.63, 3.8) is 0 Å². The minimum absolute atomic E-state index is 0. The number of hydrogen-bond donors (Lipinski definition) is 1. The van der Waals surface area contributed by atoms with E-state index in [0.29, 0.717) is 28.5 Å². The highest BCUT2D eigenvalue weighted by Crippen LogP contribution is 2.16. The highest BCUT2D eigenvalue weighted by atomic mass is 127. The molecular weight excluding hydrogens is 541 g/mol. The molecule has 32 heavy (non-hydrogen) atoms. The smallest absolute Gasteiger partial charge is 0.344 e. The van der Waals surface area contributed by atoms with Crippen molar-refractivity contribution in [3.05, 3.63) is 65.2 Å². The van der Waals surface area contributed by atoms with E-state index in [1.54, 1.807) is 48.5 Å². The van der Waals surface area contributed by atoms with Crippen molar-refractivity contribution in [2.24, 2.45) is 0 Å². The molecule has 0 amide bonds. The SMILES string of the molecule is CCCCOC(=O)COc1ccc(C(=O)CCC(=O)c2ccc(C(=N)SC)cc2)cc1.I. The molecule has 0 spiro atoms. The Bertz CT molecular complexity index is 913. The fourth-order valence-electron chi connectivity index (χ4n) is 2.69. The third kappa shape index (κ3) is 9.12. The zero-order chi connectivity index (χ0) is 22.6. The van der Waals surface area contributed by atoms with E-state index in [4.69, 9.17) is 14.9 Å². The minimum Gasteiger partial charge on any atom is -0.482 e. The van der Waals surface area contributed by atoms with Crippen LogP contribution in [0, 0.1) is 5.41 Å². The molecule has 2 rings (SSSR count). The fraction of sp³-hybridized carbons (Fsp3) is 0.333. The number of halogens is 1. The van der Waals surface area contributed by atoms with Gasteiger partial charge in [0.25, 0.3) is 0 Å². The summed E-state index contributed by atoms with van der Waals surface area (Å²) in [7, 11) is 0. The monoisotopic (exact) mass is 569 g/mol. The van der Waals surface area contributed by atoms with E-state index in [0.717, 1.165) is 18.4 Å². The van der Waals surface area contributed by atoms with E-state index < -0.39 is 5.97 Å². The first kappa shape index (κ1) is 27.8. The molecule has 0 heterocycles. The Kier molecular flexibility index (Phi) is 12.9. The topological polar surface area (TPSA) is 93.5 Å². The van der Waals surface area contributed by atoms with Gasteiger partial charge in [0.05, 0.1) is 11.7 Å². The zero-order valence-corrected chi connectivity index (χ0v) is 21.4. The molecule has 0 aromatic heterocycles. The number of thioether (sulfide) groups is 1. The van der Waals surface area contributed by atoms with Crippen LogP contribution in [0.5, 0.6) is 5.75 Å². The van der Waals surface area contributed by atoms with Crippen LogP contribution in [0.4, 0.5) is 0 Å². The Labute approximate surface area is 210 Å². The summed E-state index contributed by atoms with van der Waals surface area (Å²) in [6.45, 7) is 2.22. The summed E-state index contributed by atoms with van der Waals surface area (Å²) in [5.41, 5.74) is 1.77. The second kappa shape index (κ2) is 14.8. The molecule has 2 aromatic rings. The standard InChI is InChI=1S/C24H27NO5S.HI/c1-3-4-15-29-23(28)16-30-20-11-9-18(10-12-20)22(27)14-13-21(26)17-5-7-19(8-6-17)24(25)31-2;/h5-12,25H,3-4,13-16H2,1-2H3;1H. The molecule has 172 valence electrons. The predicted octanol–water partition coefficient (Wildman–Crippen LogP) is 5.56. The molecule has 0 aliphatic carbocycles. The third-order valence-corrected chi connectivity index (χ3v) is 5.19. The number of Topliss-reactive ketones (excluding diaryl/α,β-unsaturated/α-hetero) is 2. The van der Waals surface area contributed by atoms with Gasteiger partial charge in [0.15, 0.2) is 18.2 Å². The molecule has 0 fully saturated rings. The van der Waals surface area contributed by atoms with E-state index >= 15 is 0 Å². The number of nitrogens with one attached hydrogen (secondary N) is 1. The van der Waals surface area contributed by atoms with Crippen LogP contribution in [0.3, 0.4) is 0 Å². The van der Waals surface area contributed by atoms with Gasteiger partial charge in [-0.15, -0.1) is 35.7 Å². The highest BCUT2D eigenvalue weighted by molar-refractivity contribution is 14.0. The van der Waals surface area contributed by atoms with Gasteiger partial charge in [0, 0.05) is 29.5 Å². The van der Waals surface area contributed by atoms with Crippen LogP contribution in [0.1, 0.15) is 58.9 Å². The first-order chi connectivity index (χ1) is 14.9. The van der Waals surface area contributed by atoms with E-state index in [1.807, 2.05) is 13.2 Å². The van der Waals surface area contributed by atoms with Gasteiger partial charge in [0.1, 0.15) is 5.75 Å². The van der Waals surface area contributed by atoms with Gasteiger partial charge in [-0.1, -0.05) is 37.6 Å². The number of benzene rings is 2. The Morgan fingerprint density at radius 3 is 1.88 bits per heavy atom. The number of rotatable bonds is 12. The van der Waals surface area contributed by atoms with Gasteiger partial charge in [-0.25, -0.2) is 4.79 Å². The second-order valence-corrected chi connectivity index (χ2v) is 7.66. The molecule has 0 bridgehead atoms. The summed E-state index contributed by atoms with van der Waals surface area (Å²) in [6.07, 6.45) is 3.81. The van der Waals surface area contributed by atoms with Gasteiger partial charge in [-0.2, -0.15) is 0 Å². The molecule has 6 nitrogen and oxygen atoms in total. The average Bonchev–Trinajstić information content (AvgIpc) is 2.81. The van der Waals surface area contributed by atoms with Crippen LogP contribution in [-0.4, -0.2) is 42.0 Å². The van der Waals surface area contributed by atoms with Crippen LogP contribution >= 0.6 is 35.7 Å². The number of hydrogen-bond acceptors (Lipinski definition) is 7. The normalized spacial score (nSPS) is 10.1. The maximum absolute atomic E-state index is 12.4. The number of carbonyl (C=O) groups excluding carboxylic acids is 3. The number of esters is 1. The van der Waals surface area contributed by atoms with E-state index in [-0.39, 0.29) is 55.0 Å². The lowest BCUT2D eigenvalue weighted by atomic mass is 10.0. The predicted molar refractivity (Wildman–Crippen MR) is 138 cm³/mol. The Morgan fingerprint density at radius 2 is 1.38 bits per heavy atom. The average molecular weight is 569 g/mol. The second-order valence-electron chi connectivity index (χ2n) is 6.84. The van der Waals surface area contributed by atoms with Gasteiger partial charge in [0.2, 0.25) is 0 Å². The molecule has 0 aliphatic rings. The Hall–Kier alpha value is -2.20. The highest BCUT2D eigenvalue weighted by Gasteiger charge is 2.12. The fourth-order valence-corrected chi connectivity index (χ4v) is 3.06. The van der Waals surface area contributed by atoms with Crippen LogP contribution < -0.4 is 4.74 Å². The lowest BCUT2D eigenvalue weighted by Crippen LogP contribution is -2.15. The number of carbonyl (C=O) groups is 3. The van der Waals surface area contributed by atoms with Crippen molar-refractivity contribution in [2.45, 2.75) is 32.6 Å². The molecule has 0 radical (unpaired) electrons. The molecule has 0 saturated heterocycles. The van der Waals surface area contributed by atoms with E-state index in [9.17, 15) is 14.4 Å². The summed E-state index contributed by atoms with van der Waals surface area (Å²) in [5, 5.41) is 8.23. The summed E-state index contributed by atoms with van der Waals surface area (Å²) in [4.78, 5) is 36.3. The van der Waals surface area contributed by atoms with Crippen molar-refractivity contribution in [1.29, 1.82) is 5.41 Å². The summed E-state index contributed by atoms with van der Waals surface area (Å²) < 4.78 is 10.4. The summed E-state index contributed by atoms with van der Waals surface area (Å²) in [6, 6.07) is 13.3. The van der Waals surface area contributed by atoms with Crippen molar-refractivity contribution in [3.8, 4) is 5.75 Å². The molecule has 1 N–H and O–H groups in total. The number of ketones is 2. The maximum atomic E-state index is 12.4. The van der Waals surface area contributed by atoms with Crippen molar-refractivity contribution < 1.29 is 23.9 Å². The Morgan fingerprint density at radius 1 is 0.875 bits per heavy atom. The Balaban J connectivity index is 0.00000512. The van der Waals surface area contributed by atoms with Gasteiger partial charge in [-0.05, 0) is 36.9 Å². The molecule has 8 heteroatoms. The summed E-state index contributed by atoms with van der Waals surface area (Å²) >= 11 is 1.33.